The number of hydrogen-bond donors (Lipinski definition) is 0. The van der Waals surface area contributed by atoms with Gasteiger partial charge in [0.1, 0.15) is 17.0 Å². The van der Waals surface area contributed by atoms with E-state index in [0.717, 1.165) is 99.8 Å². The van der Waals surface area contributed by atoms with Gasteiger partial charge in [-0.25, -0.2) is 9.98 Å². The van der Waals surface area contributed by atoms with Crippen LogP contribution in [0, 0.1) is 5.92 Å². The first-order chi connectivity index (χ1) is 33.6. The predicted molar refractivity (Wildman–Crippen MR) is 286 cm³/mol. The van der Waals surface area contributed by atoms with Crippen LogP contribution in [0.1, 0.15) is 25.0 Å². The van der Waals surface area contributed by atoms with Gasteiger partial charge >= 0.3 is 0 Å². The van der Waals surface area contributed by atoms with Crippen molar-refractivity contribution in [1.29, 1.82) is 0 Å². The molecule has 68 heavy (non-hydrogen) atoms. The predicted octanol–water partition coefficient (Wildman–Crippen LogP) is 16.5. The highest BCUT2D eigenvalue weighted by atomic mass is 16.3. The molecule has 0 spiro atoms. The summed E-state index contributed by atoms with van der Waals surface area (Å²) in [7, 11) is 0. The Morgan fingerprint density at radius 3 is 1.75 bits per heavy atom. The SMILES string of the molecule is CC1=C(c2ccc3oc4c5ccccc5ccc4c3c2-n2c3ccccc3c3cc4ccccc4cc32)N=C(c2cccc(-c3ccccc3)c2)N=C(n2c3ccccc3c3ccccc32)C1C. The van der Waals surface area contributed by atoms with Crippen LogP contribution in [-0.2, 0) is 0 Å². The van der Waals surface area contributed by atoms with Gasteiger partial charge < -0.3 is 8.98 Å². The first-order valence-corrected chi connectivity index (χ1v) is 23.4. The first kappa shape index (κ1) is 38.5. The maximum Gasteiger partial charge on any atom is 0.161 e. The van der Waals surface area contributed by atoms with E-state index in [1.165, 1.54) is 32.3 Å². The van der Waals surface area contributed by atoms with Crippen molar-refractivity contribution in [3.8, 4) is 16.8 Å². The van der Waals surface area contributed by atoms with Gasteiger partial charge in [-0.15, -0.1) is 0 Å². The van der Waals surface area contributed by atoms with Crippen LogP contribution in [-0.4, -0.2) is 20.8 Å². The molecule has 3 aromatic heterocycles. The molecule has 14 rings (SSSR count). The van der Waals surface area contributed by atoms with Crippen LogP contribution in [0.25, 0.3) is 110 Å². The Morgan fingerprint density at radius 2 is 1.01 bits per heavy atom. The molecule has 0 aliphatic carbocycles. The Morgan fingerprint density at radius 1 is 0.426 bits per heavy atom. The van der Waals surface area contributed by atoms with Crippen molar-refractivity contribution in [3.63, 3.8) is 0 Å². The van der Waals surface area contributed by atoms with E-state index in [1.54, 1.807) is 0 Å². The molecule has 13 aromatic rings. The van der Waals surface area contributed by atoms with E-state index in [1.807, 2.05) is 0 Å². The van der Waals surface area contributed by atoms with Gasteiger partial charge in [-0.05, 0) is 94.4 Å². The van der Waals surface area contributed by atoms with Crippen LogP contribution < -0.4 is 0 Å². The second kappa shape index (κ2) is 14.9. The van der Waals surface area contributed by atoms with E-state index in [2.05, 4.69) is 235 Å². The van der Waals surface area contributed by atoms with Crippen molar-refractivity contribution in [2.24, 2.45) is 15.9 Å². The third-order valence-corrected chi connectivity index (χ3v) is 14.4. The van der Waals surface area contributed by atoms with E-state index in [0.29, 0.717) is 5.84 Å². The lowest BCUT2D eigenvalue weighted by atomic mass is 9.93. The topological polar surface area (TPSA) is 47.7 Å². The second-order valence-corrected chi connectivity index (χ2v) is 18.1. The van der Waals surface area contributed by atoms with Crippen molar-refractivity contribution in [1.82, 2.24) is 9.13 Å². The molecule has 0 radical (unpaired) electrons. The lowest BCUT2D eigenvalue weighted by Gasteiger charge is -2.21. The first-order valence-electron chi connectivity index (χ1n) is 23.4. The van der Waals surface area contributed by atoms with Crippen molar-refractivity contribution in [2.75, 3.05) is 0 Å². The molecule has 1 aliphatic heterocycles. The van der Waals surface area contributed by atoms with E-state index in [4.69, 9.17) is 14.4 Å². The van der Waals surface area contributed by atoms with Gasteiger partial charge in [0, 0.05) is 49.4 Å². The average molecular weight is 871 g/mol. The van der Waals surface area contributed by atoms with Gasteiger partial charge in [-0.2, -0.15) is 0 Å². The molecule has 0 fully saturated rings. The minimum absolute atomic E-state index is 0.154. The summed E-state index contributed by atoms with van der Waals surface area (Å²) < 4.78 is 11.9. The summed E-state index contributed by atoms with van der Waals surface area (Å²) >= 11 is 0. The van der Waals surface area contributed by atoms with Crippen LogP contribution in [0.4, 0.5) is 0 Å². The highest BCUT2D eigenvalue weighted by Gasteiger charge is 2.30. The zero-order chi connectivity index (χ0) is 45.0. The second-order valence-electron chi connectivity index (χ2n) is 18.1. The number of rotatable bonds is 4. The van der Waals surface area contributed by atoms with Gasteiger partial charge in [0.15, 0.2) is 5.84 Å². The minimum atomic E-state index is -0.154. The molecule has 0 amide bonds. The summed E-state index contributed by atoms with van der Waals surface area (Å²) in [6.07, 6.45) is 0. The summed E-state index contributed by atoms with van der Waals surface area (Å²) in [5, 5.41) is 11.5. The number of amidine groups is 1. The maximum atomic E-state index is 7.02. The largest absolute Gasteiger partial charge is 0.455 e. The Balaban J connectivity index is 1.12. The van der Waals surface area contributed by atoms with Gasteiger partial charge in [0.25, 0.3) is 0 Å². The number of furan rings is 1. The summed E-state index contributed by atoms with van der Waals surface area (Å²) in [6.45, 7) is 4.55. The Kier molecular flexibility index (Phi) is 8.41. The lowest BCUT2D eigenvalue weighted by Crippen LogP contribution is -2.22. The molecule has 1 aliphatic rings. The summed E-state index contributed by atoms with van der Waals surface area (Å²) in [5.41, 5.74) is 13.4. The maximum absolute atomic E-state index is 7.02. The van der Waals surface area contributed by atoms with Crippen LogP contribution in [0.2, 0.25) is 0 Å². The van der Waals surface area contributed by atoms with Crippen LogP contribution >= 0.6 is 0 Å². The highest BCUT2D eigenvalue weighted by molar-refractivity contribution is 6.23. The Hall–Kier alpha value is -8.80. The molecule has 0 N–H and O–H groups in total. The number of benzene rings is 10. The van der Waals surface area contributed by atoms with Crippen molar-refractivity contribution in [3.05, 3.63) is 229 Å². The monoisotopic (exact) mass is 870 g/mol. The molecule has 5 nitrogen and oxygen atoms in total. The fraction of sp³-hybridized carbons (Fsp3) is 0.0476. The Bertz CT molecular complexity index is 4290. The van der Waals surface area contributed by atoms with E-state index in [-0.39, 0.29) is 5.92 Å². The number of aromatic nitrogens is 2. The number of para-hydroxylation sites is 3. The van der Waals surface area contributed by atoms with Crippen LogP contribution in [0.5, 0.6) is 0 Å². The standard InChI is InChI=1S/C63H42N4O/c1-38-39(2)63(67-54-29-14-10-25-47(54)48-26-11-15-30-55(48)67)65-62(45-23-16-22-42(35-45)40-17-4-3-5-18-40)64-59(38)51-33-34-57-58(50-32-31-41-19-8-9-24-46(41)61(50)68-57)60(51)66-53-28-13-12-27-49(53)52-36-43-20-6-7-21-44(43)37-56(52)66/h3-37,39H,1-2H3. The highest BCUT2D eigenvalue weighted by Crippen LogP contribution is 2.46. The number of nitrogens with zero attached hydrogens (tertiary/aromatic N) is 4. The molecule has 0 saturated carbocycles. The van der Waals surface area contributed by atoms with E-state index in [9.17, 15) is 0 Å². The Labute approximate surface area is 391 Å². The quantitative estimate of drug-likeness (QED) is 0.174. The molecule has 4 heterocycles. The molecule has 320 valence electrons. The molecular weight excluding hydrogens is 829 g/mol. The van der Waals surface area contributed by atoms with E-state index < -0.39 is 0 Å². The summed E-state index contributed by atoms with van der Waals surface area (Å²) in [4.78, 5) is 11.6. The number of allylic oxidation sites excluding steroid dienone is 1. The van der Waals surface area contributed by atoms with Gasteiger partial charge in [-0.3, -0.25) is 4.57 Å². The smallest absolute Gasteiger partial charge is 0.161 e. The van der Waals surface area contributed by atoms with Gasteiger partial charge in [0.05, 0.1) is 38.8 Å². The molecule has 0 bridgehead atoms. The fourth-order valence-electron chi connectivity index (χ4n) is 11.0. The van der Waals surface area contributed by atoms with E-state index >= 15 is 0 Å². The van der Waals surface area contributed by atoms with Crippen molar-refractivity contribution >= 4 is 104 Å². The minimum Gasteiger partial charge on any atom is -0.455 e. The van der Waals surface area contributed by atoms with Crippen molar-refractivity contribution < 1.29 is 4.42 Å². The number of aliphatic imine (C=N–C) groups is 2. The van der Waals surface area contributed by atoms with Crippen LogP contribution in [0.15, 0.2) is 232 Å². The zero-order valence-electron chi connectivity index (χ0n) is 37.5. The number of hydrogen-bond acceptors (Lipinski definition) is 3. The third kappa shape index (κ3) is 5.69. The van der Waals surface area contributed by atoms with Crippen molar-refractivity contribution in [2.45, 2.75) is 13.8 Å². The lowest BCUT2D eigenvalue weighted by molar-refractivity contribution is 0.672. The normalized spacial score (nSPS) is 14.6. The van der Waals surface area contributed by atoms with Gasteiger partial charge in [-0.1, -0.05) is 165 Å². The van der Waals surface area contributed by atoms with Crippen LogP contribution in [0.3, 0.4) is 0 Å². The molecule has 1 unspecified atom stereocenters. The summed E-state index contributed by atoms with van der Waals surface area (Å²) in [6, 6.07) is 76.2. The molecular formula is C63H42N4O. The molecule has 5 heteroatoms. The average Bonchev–Trinajstić information content (AvgIpc) is 4.03. The molecule has 1 atom stereocenters. The fourth-order valence-corrected chi connectivity index (χ4v) is 11.0. The number of fused-ring (bicyclic) bond motifs is 12. The zero-order valence-corrected chi connectivity index (χ0v) is 37.5. The van der Waals surface area contributed by atoms with Gasteiger partial charge in [0.2, 0.25) is 0 Å². The molecule has 10 aromatic carbocycles. The third-order valence-electron chi connectivity index (χ3n) is 14.4. The summed E-state index contributed by atoms with van der Waals surface area (Å²) in [5.74, 6) is 1.42. The molecule has 0 saturated heterocycles.